The molecule has 3 N–H and O–H groups in total. The summed E-state index contributed by atoms with van der Waals surface area (Å²) < 4.78 is 0. The Labute approximate surface area is 123 Å². The molecule has 0 aromatic heterocycles. The van der Waals surface area contributed by atoms with E-state index in [9.17, 15) is 4.79 Å². The van der Waals surface area contributed by atoms with E-state index in [1.54, 1.807) is 6.07 Å². The van der Waals surface area contributed by atoms with Crippen molar-refractivity contribution in [2.24, 2.45) is 0 Å². The van der Waals surface area contributed by atoms with Crippen LogP contribution in [0.25, 0.3) is 10.8 Å². The van der Waals surface area contributed by atoms with E-state index >= 15 is 0 Å². The van der Waals surface area contributed by atoms with Gasteiger partial charge in [0.1, 0.15) is 0 Å². The molecule has 0 aliphatic heterocycles. The number of rotatable bonds is 2. The fourth-order valence-electron chi connectivity index (χ4n) is 2.39. The molecule has 0 heterocycles. The van der Waals surface area contributed by atoms with Gasteiger partial charge in [-0.3, -0.25) is 4.79 Å². The molecule has 0 radical (unpaired) electrons. The van der Waals surface area contributed by atoms with Crippen molar-refractivity contribution < 1.29 is 4.79 Å². The van der Waals surface area contributed by atoms with Crippen LogP contribution in [0.2, 0.25) is 0 Å². The SMILES string of the molecule is Cc1ccc(N)cc1NC(=O)c1cccc2ccccc12. The number of nitrogens with two attached hydrogens (primary N) is 1. The molecule has 21 heavy (non-hydrogen) atoms. The average Bonchev–Trinajstić information content (AvgIpc) is 2.50. The van der Waals surface area contributed by atoms with E-state index in [4.69, 9.17) is 5.73 Å². The van der Waals surface area contributed by atoms with E-state index in [0.29, 0.717) is 11.3 Å². The van der Waals surface area contributed by atoms with Crippen LogP contribution in [-0.2, 0) is 0 Å². The zero-order valence-corrected chi connectivity index (χ0v) is 11.8. The second-order valence-electron chi connectivity index (χ2n) is 5.06. The minimum Gasteiger partial charge on any atom is -0.399 e. The van der Waals surface area contributed by atoms with Gasteiger partial charge in [0, 0.05) is 16.9 Å². The summed E-state index contributed by atoms with van der Waals surface area (Å²) in [5.74, 6) is -0.125. The normalized spacial score (nSPS) is 10.5. The molecule has 3 rings (SSSR count). The van der Waals surface area contributed by atoms with E-state index in [0.717, 1.165) is 22.0 Å². The summed E-state index contributed by atoms with van der Waals surface area (Å²) in [5.41, 5.74) is 8.80. The zero-order chi connectivity index (χ0) is 14.8. The van der Waals surface area contributed by atoms with Crippen molar-refractivity contribution in [1.82, 2.24) is 0 Å². The smallest absolute Gasteiger partial charge is 0.256 e. The van der Waals surface area contributed by atoms with Crippen molar-refractivity contribution in [3.63, 3.8) is 0 Å². The fourth-order valence-corrected chi connectivity index (χ4v) is 2.39. The first-order valence-electron chi connectivity index (χ1n) is 6.80. The molecule has 0 bridgehead atoms. The standard InChI is InChI=1S/C18H16N2O/c1-12-9-10-14(19)11-17(12)20-18(21)16-8-4-6-13-5-2-3-7-15(13)16/h2-11H,19H2,1H3,(H,20,21). The molecule has 0 aliphatic rings. The van der Waals surface area contributed by atoms with Gasteiger partial charge in [-0.15, -0.1) is 0 Å². The van der Waals surface area contributed by atoms with Crippen LogP contribution in [0, 0.1) is 6.92 Å². The molecular weight excluding hydrogens is 260 g/mol. The molecule has 0 fully saturated rings. The van der Waals surface area contributed by atoms with Crippen LogP contribution in [0.1, 0.15) is 15.9 Å². The van der Waals surface area contributed by atoms with Crippen molar-refractivity contribution >= 4 is 28.1 Å². The Kier molecular flexibility index (Phi) is 3.32. The number of benzene rings is 3. The van der Waals surface area contributed by atoms with Gasteiger partial charge in [-0.25, -0.2) is 0 Å². The highest BCUT2D eigenvalue weighted by Gasteiger charge is 2.11. The van der Waals surface area contributed by atoms with Crippen LogP contribution in [0.5, 0.6) is 0 Å². The van der Waals surface area contributed by atoms with Crippen LogP contribution in [0.4, 0.5) is 11.4 Å². The van der Waals surface area contributed by atoms with Crippen molar-refractivity contribution in [2.45, 2.75) is 6.92 Å². The molecule has 1 amide bonds. The number of carbonyl (C=O) groups excluding carboxylic acids is 1. The van der Waals surface area contributed by atoms with Gasteiger partial charge in [0.05, 0.1) is 0 Å². The Morgan fingerprint density at radius 2 is 1.76 bits per heavy atom. The van der Waals surface area contributed by atoms with E-state index < -0.39 is 0 Å². The van der Waals surface area contributed by atoms with E-state index in [-0.39, 0.29) is 5.91 Å². The van der Waals surface area contributed by atoms with Gasteiger partial charge in [0.25, 0.3) is 5.91 Å². The first-order valence-corrected chi connectivity index (χ1v) is 6.80. The Hall–Kier alpha value is -2.81. The largest absolute Gasteiger partial charge is 0.399 e. The topological polar surface area (TPSA) is 55.1 Å². The summed E-state index contributed by atoms with van der Waals surface area (Å²) in [6, 6.07) is 19.1. The third-order valence-electron chi connectivity index (χ3n) is 3.54. The van der Waals surface area contributed by atoms with Crippen molar-refractivity contribution in [3.8, 4) is 0 Å². The maximum absolute atomic E-state index is 12.5. The summed E-state index contributed by atoms with van der Waals surface area (Å²) >= 11 is 0. The molecule has 0 saturated carbocycles. The maximum Gasteiger partial charge on any atom is 0.256 e. The summed E-state index contributed by atoms with van der Waals surface area (Å²) in [5, 5.41) is 4.93. The zero-order valence-electron chi connectivity index (χ0n) is 11.8. The van der Waals surface area contributed by atoms with Gasteiger partial charge in [-0.05, 0) is 41.5 Å². The Bertz CT molecular complexity index is 819. The first-order chi connectivity index (χ1) is 10.1. The molecule has 0 aliphatic carbocycles. The lowest BCUT2D eigenvalue weighted by Gasteiger charge is -2.11. The predicted molar refractivity (Wildman–Crippen MR) is 87.5 cm³/mol. The number of hydrogen-bond acceptors (Lipinski definition) is 2. The molecule has 104 valence electrons. The number of amides is 1. The van der Waals surface area contributed by atoms with Gasteiger partial charge in [-0.2, -0.15) is 0 Å². The molecule has 3 heteroatoms. The van der Waals surface area contributed by atoms with Crippen molar-refractivity contribution in [3.05, 3.63) is 71.8 Å². The van der Waals surface area contributed by atoms with Crippen LogP contribution < -0.4 is 11.1 Å². The minimum atomic E-state index is -0.125. The molecule has 0 atom stereocenters. The van der Waals surface area contributed by atoms with Crippen LogP contribution >= 0.6 is 0 Å². The lowest BCUT2D eigenvalue weighted by Crippen LogP contribution is -2.13. The predicted octanol–water partition coefficient (Wildman–Crippen LogP) is 3.98. The van der Waals surface area contributed by atoms with E-state index in [1.165, 1.54) is 0 Å². The Morgan fingerprint density at radius 1 is 1.00 bits per heavy atom. The average molecular weight is 276 g/mol. The number of hydrogen-bond donors (Lipinski definition) is 2. The van der Waals surface area contributed by atoms with Crippen LogP contribution in [0.15, 0.2) is 60.7 Å². The van der Waals surface area contributed by atoms with Gasteiger partial charge in [-0.1, -0.05) is 42.5 Å². The molecule has 0 unspecified atom stereocenters. The second kappa shape index (κ2) is 5.29. The summed E-state index contributed by atoms with van der Waals surface area (Å²) in [4.78, 5) is 12.5. The van der Waals surface area contributed by atoms with Crippen molar-refractivity contribution in [1.29, 1.82) is 0 Å². The molecule has 0 saturated heterocycles. The monoisotopic (exact) mass is 276 g/mol. The lowest BCUT2D eigenvalue weighted by molar-refractivity contribution is 0.102. The number of carbonyl (C=O) groups is 1. The Morgan fingerprint density at radius 3 is 2.62 bits per heavy atom. The van der Waals surface area contributed by atoms with Gasteiger partial charge >= 0.3 is 0 Å². The summed E-state index contributed by atoms with van der Waals surface area (Å²) in [6.45, 7) is 1.94. The maximum atomic E-state index is 12.5. The van der Waals surface area contributed by atoms with Gasteiger partial charge in [0.15, 0.2) is 0 Å². The van der Waals surface area contributed by atoms with Gasteiger partial charge < -0.3 is 11.1 Å². The molecule has 3 aromatic rings. The molecule has 0 spiro atoms. The number of nitrogen functional groups attached to an aromatic ring is 1. The number of nitrogens with one attached hydrogen (secondary N) is 1. The molecular formula is C18H16N2O. The Balaban J connectivity index is 1.99. The van der Waals surface area contributed by atoms with Crippen LogP contribution in [-0.4, -0.2) is 5.91 Å². The lowest BCUT2D eigenvalue weighted by atomic mass is 10.0. The van der Waals surface area contributed by atoms with E-state index in [1.807, 2.05) is 61.5 Å². The van der Waals surface area contributed by atoms with Crippen LogP contribution in [0.3, 0.4) is 0 Å². The fraction of sp³-hybridized carbons (Fsp3) is 0.0556. The second-order valence-corrected chi connectivity index (χ2v) is 5.06. The summed E-state index contributed by atoms with van der Waals surface area (Å²) in [6.07, 6.45) is 0. The number of fused-ring (bicyclic) bond motifs is 1. The summed E-state index contributed by atoms with van der Waals surface area (Å²) in [7, 11) is 0. The first kappa shape index (κ1) is 13.2. The van der Waals surface area contributed by atoms with Gasteiger partial charge in [0.2, 0.25) is 0 Å². The molecule has 3 aromatic carbocycles. The third kappa shape index (κ3) is 2.58. The quantitative estimate of drug-likeness (QED) is 0.695. The highest BCUT2D eigenvalue weighted by Crippen LogP contribution is 2.22. The van der Waals surface area contributed by atoms with E-state index in [2.05, 4.69) is 5.32 Å². The highest BCUT2D eigenvalue weighted by molar-refractivity contribution is 6.13. The number of anilines is 2. The number of aryl methyl sites for hydroxylation is 1. The minimum absolute atomic E-state index is 0.125. The third-order valence-corrected chi connectivity index (χ3v) is 3.54. The molecule has 3 nitrogen and oxygen atoms in total. The highest BCUT2D eigenvalue weighted by atomic mass is 16.1. The van der Waals surface area contributed by atoms with Crippen molar-refractivity contribution in [2.75, 3.05) is 11.1 Å².